The molecule has 0 atom stereocenters. The number of carbonyl (C=O) groups is 2. The third kappa shape index (κ3) is 5.10. The van der Waals surface area contributed by atoms with E-state index in [-0.39, 0.29) is 5.91 Å². The number of anilines is 2. The summed E-state index contributed by atoms with van der Waals surface area (Å²) in [6.07, 6.45) is 0.983. The number of carbonyl (C=O) groups excluding carboxylic acids is 2. The van der Waals surface area contributed by atoms with Crippen molar-refractivity contribution in [3.63, 3.8) is 0 Å². The van der Waals surface area contributed by atoms with Crippen molar-refractivity contribution < 1.29 is 9.59 Å². The van der Waals surface area contributed by atoms with Gasteiger partial charge in [0.05, 0.1) is 0 Å². The van der Waals surface area contributed by atoms with Crippen LogP contribution in [0.2, 0.25) is 5.02 Å². The Labute approximate surface area is 133 Å². The average Bonchev–Trinajstić information content (AvgIpc) is 2.46. The van der Waals surface area contributed by atoms with E-state index >= 15 is 0 Å². The first-order chi connectivity index (χ1) is 10.5. The van der Waals surface area contributed by atoms with Crippen molar-refractivity contribution in [1.29, 1.82) is 0 Å². The molecule has 114 valence electrons. The molecule has 0 saturated heterocycles. The Hall–Kier alpha value is -2.53. The standard InChI is InChI=1S/C16H16ClN3O2/c17-12-7-4-11(5-8-12)6-9-15(21)19-13-2-1-3-14(10-13)20-16(18)22/h1-5,7-8,10H,6,9H2,(H,19,21)(H3,18,20,22). The molecule has 5 nitrogen and oxygen atoms in total. The van der Waals surface area contributed by atoms with Crippen LogP contribution in [-0.2, 0) is 11.2 Å². The Balaban J connectivity index is 1.89. The van der Waals surface area contributed by atoms with Gasteiger partial charge in [0.15, 0.2) is 0 Å². The molecule has 2 rings (SSSR count). The molecule has 0 spiro atoms. The molecule has 22 heavy (non-hydrogen) atoms. The van der Waals surface area contributed by atoms with E-state index in [1.165, 1.54) is 0 Å². The number of rotatable bonds is 5. The summed E-state index contributed by atoms with van der Waals surface area (Å²) in [5.41, 5.74) is 7.23. The van der Waals surface area contributed by atoms with Crippen LogP contribution in [0.3, 0.4) is 0 Å². The number of benzene rings is 2. The molecular weight excluding hydrogens is 302 g/mol. The van der Waals surface area contributed by atoms with E-state index in [1.54, 1.807) is 36.4 Å². The first kappa shape index (κ1) is 15.9. The van der Waals surface area contributed by atoms with Gasteiger partial charge < -0.3 is 16.4 Å². The van der Waals surface area contributed by atoms with Gasteiger partial charge in [-0.15, -0.1) is 0 Å². The van der Waals surface area contributed by atoms with Crippen LogP contribution in [0.4, 0.5) is 16.2 Å². The van der Waals surface area contributed by atoms with Crippen LogP contribution in [0.25, 0.3) is 0 Å². The maximum absolute atomic E-state index is 11.9. The van der Waals surface area contributed by atoms with E-state index in [1.807, 2.05) is 12.1 Å². The Morgan fingerprint density at radius 2 is 1.64 bits per heavy atom. The maximum Gasteiger partial charge on any atom is 0.316 e. The predicted molar refractivity (Wildman–Crippen MR) is 88.1 cm³/mol. The molecule has 0 heterocycles. The highest BCUT2D eigenvalue weighted by molar-refractivity contribution is 6.30. The van der Waals surface area contributed by atoms with Crippen LogP contribution >= 0.6 is 11.6 Å². The summed E-state index contributed by atoms with van der Waals surface area (Å²) >= 11 is 5.81. The van der Waals surface area contributed by atoms with E-state index in [0.717, 1.165) is 5.56 Å². The lowest BCUT2D eigenvalue weighted by Gasteiger charge is -2.08. The number of nitrogens with two attached hydrogens (primary N) is 1. The van der Waals surface area contributed by atoms with Crippen molar-refractivity contribution >= 4 is 34.9 Å². The van der Waals surface area contributed by atoms with Gasteiger partial charge in [0.2, 0.25) is 5.91 Å². The third-order valence-electron chi connectivity index (χ3n) is 2.97. The third-order valence-corrected chi connectivity index (χ3v) is 3.22. The second-order valence-electron chi connectivity index (χ2n) is 4.74. The predicted octanol–water partition coefficient (Wildman–Crippen LogP) is 3.40. The Morgan fingerprint density at radius 3 is 2.27 bits per heavy atom. The highest BCUT2D eigenvalue weighted by atomic mass is 35.5. The minimum Gasteiger partial charge on any atom is -0.351 e. The summed E-state index contributed by atoms with van der Waals surface area (Å²) < 4.78 is 0. The van der Waals surface area contributed by atoms with Crippen LogP contribution in [-0.4, -0.2) is 11.9 Å². The van der Waals surface area contributed by atoms with Crippen molar-refractivity contribution in [2.75, 3.05) is 10.6 Å². The summed E-state index contributed by atoms with van der Waals surface area (Å²) in [6, 6.07) is 13.5. The zero-order chi connectivity index (χ0) is 15.9. The van der Waals surface area contributed by atoms with Crippen LogP contribution in [0, 0.1) is 0 Å². The molecule has 0 radical (unpaired) electrons. The Kier molecular flexibility index (Phi) is 5.38. The first-order valence-corrected chi connectivity index (χ1v) is 7.11. The fourth-order valence-electron chi connectivity index (χ4n) is 1.95. The number of amides is 3. The van der Waals surface area contributed by atoms with Crippen LogP contribution in [0.1, 0.15) is 12.0 Å². The molecule has 0 aromatic heterocycles. The van der Waals surface area contributed by atoms with Gasteiger partial charge in [-0.2, -0.15) is 0 Å². The molecular formula is C16H16ClN3O2. The van der Waals surface area contributed by atoms with E-state index in [2.05, 4.69) is 10.6 Å². The molecule has 6 heteroatoms. The molecule has 0 fully saturated rings. The Bertz CT molecular complexity index is 671. The molecule has 2 aromatic rings. The highest BCUT2D eigenvalue weighted by Gasteiger charge is 2.04. The number of nitrogens with one attached hydrogen (secondary N) is 2. The smallest absolute Gasteiger partial charge is 0.316 e. The fraction of sp³-hybridized carbons (Fsp3) is 0.125. The van der Waals surface area contributed by atoms with Gasteiger partial charge in [0, 0.05) is 22.8 Å². The molecule has 0 unspecified atom stereocenters. The second-order valence-corrected chi connectivity index (χ2v) is 5.18. The molecule has 4 N–H and O–H groups in total. The topological polar surface area (TPSA) is 84.2 Å². The van der Waals surface area contributed by atoms with Crippen molar-refractivity contribution in [2.24, 2.45) is 5.73 Å². The number of aryl methyl sites for hydroxylation is 1. The number of primary amides is 1. The van der Waals surface area contributed by atoms with Gasteiger partial charge in [0.1, 0.15) is 0 Å². The van der Waals surface area contributed by atoms with Crippen LogP contribution in [0.5, 0.6) is 0 Å². The zero-order valence-electron chi connectivity index (χ0n) is 11.8. The summed E-state index contributed by atoms with van der Waals surface area (Å²) in [6.45, 7) is 0. The van der Waals surface area contributed by atoms with E-state index in [4.69, 9.17) is 17.3 Å². The highest BCUT2D eigenvalue weighted by Crippen LogP contribution is 2.16. The van der Waals surface area contributed by atoms with Gasteiger partial charge in [-0.05, 0) is 42.3 Å². The molecule has 3 amide bonds. The van der Waals surface area contributed by atoms with Gasteiger partial charge in [-0.25, -0.2) is 4.79 Å². The number of halogens is 1. The number of hydrogen-bond donors (Lipinski definition) is 3. The quantitative estimate of drug-likeness (QED) is 0.789. The van der Waals surface area contributed by atoms with Gasteiger partial charge >= 0.3 is 6.03 Å². The minimum atomic E-state index is -0.647. The molecule has 2 aromatic carbocycles. The van der Waals surface area contributed by atoms with Crippen molar-refractivity contribution in [1.82, 2.24) is 0 Å². The van der Waals surface area contributed by atoms with Crippen molar-refractivity contribution in [2.45, 2.75) is 12.8 Å². The molecule has 0 aliphatic heterocycles. The van der Waals surface area contributed by atoms with Crippen molar-refractivity contribution in [3.8, 4) is 0 Å². The molecule has 0 aliphatic rings. The monoisotopic (exact) mass is 317 g/mol. The van der Waals surface area contributed by atoms with Gasteiger partial charge in [-0.3, -0.25) is 4.79 Å². The first-order valence-electron chi connectivity index (χ1n) is 6.74. The second kappa shape index (κ2) is 7.47. The summed E-state index contributed by atoms with van der Waals surface area (Å²) in [7, 11) is 0. The number of urea groups is 1. The van der Waals surface area contributed by atoms with Crippen LogP contribution < -0.4 is 16.4 Å². The largest absolute Gasteiger partial charge is 0.351 e. The minimum absolute atomic E-state index is 0.105. The van der Waals surface area contributed by atoms with Crippen molar-refractivity contribution in [3.05, 3.63) is 59.1 Å². The SMILES string of the molecule is NC(=O)Nc1cccc(NC(=O)CCc2ccc(Cl)cc2)c1. The lowest BCUT2D eigenvalue weighted by atomic mass is 10.1. The van der Waals surface area contributed by atoms with Gasteiger partial charge in [-0.1, -0.05) is 29.8 Å². The summed E-state index contributed by atoms with van der Waals surface area (Å²) in [5.74, 6) is -0.105. The van der Waals surface area contributed by atoms with E-state index < -0.39 is 6.03 Å². The van der Waals surface area contributed by atoms with Gasteiger partial charge in [0.25, 0.3) is 0 Å². The fourth-order valence-corrected chi connectivity index (χ4v) is 2.08. The molecule has 0 saturated carbocycles. The van der Waals surface area contributed by atoms with Crippen LogP contribution in [0.15, 0.2) is 48.5 Å². The normalized spacial score (nSPS) is 10.0. The summed E-state index contributed by atoms with van der Waals surface area (Å²) in [4.78, 5) is 22.7. The number of hydrogen-bond acceptors (Lipinski definition) is 2. The molecule has 0 aliphatic carbocycles. The lowest BCUT2D eigenvalue weighted by Crippen LogP contribution is -2.19. The van der Waals surface area contributed by atoms with E-state index in [0.29, 0.717) is 29.2 Å². The average molecular weight is 318 g/mol. The molecule has 0 bridgehead atoms. The summed E-state index contributed by atoms with van der Waals surface area (Å²) in [5, 5.41) is 5.91. The van der Waals surface area contributed by atoms with E-state index in [9.17, 15) is 9.59 Å². The Morgan fingerprint density at radius 1 is 1.00 bits per heavy atom. The lowest BCUT2D eigenvalue weighted by molar-refractivity contribution is -0.116. The zero-order valence-corrected chi connectivity index (χ0v) is 12.6. The maximum atomic E-state index is 11.9.